The van der Waals surface area contributed by atoms with Crippen molar-refractivity contribution in [1.29, 1.82) is 0 Å². The zero-order chi connectivity index (χ0) is 28.2. The minimum absolute atomic E-state index is 0.0213. The number of aliphatic hydroxyl groups excluding tert-OH is 1. The fraction of sp³-hybridized carbons (Fsp3) is 0.871. The highest BCUT2D eigenvalue weighted by Gasteiger charge is 2.85. The maximum Gasteiger partial charge on any atom is 0.316 e. The Bertz CT molecular complexity index is 1110. The van der Waals surface area contributed by atoms with Gasteiger partial charge in [-0.15, -0.1) is 0 Å². The molecule has 8 aliphatic rings. The molecule has 0 aromatic heterocycles. The smallest absolute Gasteiger partial charge is 0.316 e. The Kier molecular flexibility index (Phi) is 6.23. The number of hydrogen-bond acceptors (Lipinski definition) is 8. The molecule has 13 atom stereocenters. The van der Waals surface area contributed by atoms with Crippen molar-refractivity contribution < 1.29 is 43.5 Å². The zero-order valence-electron chi connectivity index (χ0n) is 24.0. The largest absolute Gasteiger partial charge is 0.481 e. The Morgan fingerprint density at radius 1 is 1.20 bits per heavy atom. The van der Waals surface area contributed by atoms with E-state index in [1.54, 1.807) is 0 Å². The van der Waals surface area contributed by atoms with E-state index in [0.717, 1.165) is 44.0 Å². The van der Waals surface area contributed by atoms with Gasteiger partial charge < -0.3 is 34.0 Å². The molecule has 4 saturated heterocycles. The van der Waals surface area contributed by atoms with Crippen molar-refractivity contribution in [3.05, 3.63) is 11.6 Å². The number of ether oxygens (including phenoxy) is 5. The fourth-order valence-electron chi connectivity index (χ4n) is 10.6. The first kappa shape index (κ1) is 27.5. The molecule has 3 saturated carbocycles. The number of carboxylic acids is 1. The zero-order valence-corrected chi connectivity index (χ0v) is 24.0. The van der Waals surface area contributed by atoms with E-state index in [4.69, 9.17) is 23.7 Å². The third-order valence-electron chi connectivity index (χ3n) is 12.2. The van der Waals surface area contributed by atoms with Gasteiger partial charge in [0, 0.05) is 12.0 Å². The maximum atomic E-state index is 13.7. The molecule has 222 valence electrons. The lowest BCUT2D eigenvalue weighted by Gasteiger charge is -2.58. The summed E-state index contributed by atoms with van der Waals surface area (Å²) in [6, 6.07) is 0. The fourth-order valence-corrected chi connectivity index (χ4v) is 10.6. The monoisotopic (exact) mass is 560 g/mol. The normalized spacial score (nSPS) is 53.0. The van der Waals surface area contributed by atoms with Crippen LogP contribution >= 0.6 is 0 Å². The number of aldehydes is 1. The number of aliphatic carboxylic acids is 1. The third kappa shape index (κ3) is 3.04. The van der Waals surface area contributed by atoms with E-state index in [0.29, 0.717) is 25.4 Å². The van der Waals surface area contributed by atoms with Gasteiger partial charge in [-0.25, -0.2) is 0 Å². The highest BCUT2D eigenvalue weighted by molar-refractivity contribution is 5.90. The Morgan fingerprint density at radius 2 is 2.00 bits per heavy atom. The van der Waals surface area contributed by atoms with Crippen LogP contribution in [0.1, 0.15) is 72.6 Å². The van der Waals surface area contributed by atoms with Crippen LogP contribution in [0.4, 0.5) is 0 Å². The van der Waals surface area contributed by atoms with Crippen molar-refractivity contribution in [1.82, 2.24) is 0 Å². The minimum Gasteiger partial charge on any atom is -0.481 e. The van der Waals surface area contributed by atoms with Crippen LogP contribution in [-0.2, 0) is 33.3 Å². The SMILES string of the molecule is CCCCCOC1C2OC3(OCC45CC6C(C)CCC6C6(C=O)CC4C=C(C(C)C)C65C(=O)O)OC2OC1C3O. The lowest BCUT2D eigenvalue weighted by molar-refractivity contribution is -0.448. The van der Waals surface area contributed by atoms with Crippen LogP contribution in [0.2, 0.25) is 0 Å². The third-order valence-corrected chi connectivity index (χ3v) is 12.2. The van der Waals surface area contributed by atoms with Crippen LogP contribution in [0.25, 0.3) is 0 Å². The quantitative estimate of drug-likeness (QED) is 0.221. The van der Waals surface area contributed by atoms with Crippen molar-refractivity contribution in [2.24, 2.45) is 45.8 Å². The molecular weight excluding hydrogens is 516 g/mol. The van der Waals surface area contributed by atoms with Crippen LogP contribution in [0.5, 0.6) is 0 Å². The number of carbonyl (C=O) groups excluding carboxylic acids is 1. The van der Waals surface area contributed by atoms with Crippen molar-refractivity contribution in [2.75, 3.05) is 13.2 Å². The van der Waals surface area contributed by atoms with E-state index in [2.05, 4.69) is 19.9 Å². The molecule has 4 aliphatic heterocycles. The molecule has 4 heterocycles. The predicted octanol–water partition coefficient (Wildman–Crippen LogP) is 3.67. The van der Waals surface area contributed by atoms with E-state index >= 15 is 0 Å². The number of rotatable bonds is 11. The van der Waals surface area contributed by atoms with Gasteiger partial charge in [-0.05, 0) is 55.3 Å². The van der Waals surface area contributed by atoms with Crippen LogP contribution in [0.15, 0.2) is 11.6 Å². The topological polar surface area (TPSA) is 121 Å². The van der Waals surface area contributed by atoms with Gasteiger partial charge in [-0.2, -0.15) is 0 Å². The van der Waals surface area contributed by atoms with Crippen LogP contribution in [-0.4, -0.2) is 72.4 Å². The summed E-state index contributed by atoms with van der Waals surface area (Å²) in [5, 5.41) is 22.6. The number of aliphatic hydroxyl groups is 1. The molecule has 4 aliphatic carbocycles. The first-order chi connectivity index (χ1) is 19.1. The number of fused-ring (bicyclic) bond motifs is 2. The summed E-state index contributed by atoms with van der Waals surface area (Å²) in [5.74, 6) is -2.11. The number of unbranched alkanes of at least 4 members (excludes halogenated alkanes) is 2. The first-order valence-corrected chi connectivity index (χ1v) is 15.5. The Labute approximate surface area is 235 Å². The average molecular weight is 561 g/mol. The molecule has 0 aromatic rings. The molecule has 9 heteroatoms. The molecule has 40 heavy (non-hydrogen) atoms. The molecule has 9 nitrogen and oxygen atoms in total. The number of carbonyl (C=O) groups is 2. The summed E-state index contributed by atoms with van der Waals surface area (Å²) in [6.45, 7) is 8.99. The number of hydrogen-bond donors (Lipinski definition) is 2. The number of carboxylic acid groups (broad SMARTS) is 1. The Balaban J connectivity index is 1.22. The van der Waals surface area contributed by atoms with Crippen LogP contribution < -0.4 is 0 Å². The number of allylic oxidation sites excluding steroid dienone is 1. The Hall–Kier alpha value is -1.36. The van der Waals surface area contributed by atoms with Crippen LogP contribution in [0.3, 0.4) is 0 Å². The lowest BCUT2D eigenvalue weighted by atomic mass is 9.43. The van der Waals surface area contributed by atoms with Crippen LogP contribution in [0, 0.1) is 45.8 Å². The minimum atomic E-state index is -1.74. The highest BCUT2D eigenvalue weighted by atomic mass is 17.0. The molecule has 8 rings (SSSR count). The van der Waals surface area contributed by atoms with Gasteiger partial charge in [0.15, 0.2) is 12.4 Å². The van der Waals surface area contributed by atoms with Gasteiger partial charge >= 0.3 is 11.9 Å². The second-order valence-electron chi connectivity index (χ2n) is 14.0. The molecule has 13 unspecified atom stereocenters. The Morgan fingerprint density at radius 3 is 2.70 bits per heavy atom. The van der Waals surface area contributed by atoms with E-state index < -0.39 is 58.9 Å². The van der Waals surface area contributed by atoms with Crippen molar-refractivity contribution in [3.63, 3.8) is 0 Å². The van der Waals surface area contributed by atoms with E-state index in [1.165, 1.54) is 0 Å². The van der Waals surface area contributed by atoms with Gasteiger partial charge in [0.1, 0.15) is 30.0 Å². The molecule has 0 aromatic carbocycles. The van der Waals surface area contributed by atoms with E-state index in [-0.39, 0.29) is 30.3 Å². The molecule has 7 fully saturated rings. The standard InChI is InChI=1S/C31H44O9/c1-5-6-7-10-36-22-23-25(33)31(39-24(22)26(38-23)40-31)37-15-29-13-19-17(4)8-9-20(19)28(14-32)12-18(29)11-21(16(2)3)30(28,29)27(34)35/h11,14,16-20,22-26,33H,5-10,12-13,15H2,1-4H3,(H,34,35). The summed E-state index contributed by atoms with van der Waals surface area (Å²) in [7, 11) is 0. The molecular formula is C31H44O9. The summed E-state index contributed by atoms with van der Waals surface area (Å²) in [4.78, 5) is 26.9. The highest BCUT2D eigenvalue weighted by Crippen LogP contribution is 2.82. The van der Waals surface area contributed by atoms with E-state index in [1.807, 2.05) is 13.8 Å². The lowest BCUT2D eigenvalue weighted by Crippen LogP contribution is -2.66. The molecule has 0 spiro atoms. The van der Waals surface area contributed by atoms with Gasteiger partial charge in [-0.1, -0.05) is 58.6 Å². The summed E-state index contributed by atoms with van der Waals surface area (Å²) < 4.78 is 30.9. The predicted molar refractivity (Wildman–Crippen MR) is 141 cm³/mol. The summed E-state index contributed by atoms with van der Waals surface area (Å²) in [5.41, 5.74) is -2.31. The molecule has 8 bridgehead atoms. The van der Waals surface area contributed by atoms with Gasteiger partial charge in [0.2, 0.25) is 0 Å². The average Bonchev–Trinajstić information content (AvgIpc) is 3.65. The molecule has 0 radical (unpaired) electrons. The van der Waals surface area contributed by atoms with Gasteiger partial charge in [-0.3, -0.25) is 9.53 Å². The molecule has 2 N–H and O–H groups in total. The van der Waals surface area contributed by atoms with E-state index in [9.17, 15) is 19.8 Å². The van der Waals surface area contributed by atoms with Crippen molar-refractivity contribution in [3.8, 4) is 0 Å². The van der Waals surface area contributed by atoms with Gasteiger partial charge in [0.05, 0.1) is 12.0 Å². The van der Waals surface area contributed by atoms with Crippen molar-refractivity contribution >= 4 is 12.3 Å². The second kappa shape index (κ2) is 9.07. The van der Waals surface area contributed by atoms with Gasteiger partial charge in [0.25, 0.3) is 0 Å². The summed E-state index contributed by atoms with van der Waals surface area (Å²) in [6.07, 6.45) is 5.71. The van der Waals surface area contributed by atoms with Crippen molar-refractivity contribution in [2.45, 2.75) is 109 Å². The molecule has 0 amide bonds. The summed E-state index contributed by atoms with van der Waals surface area (Å²) >= 11 is 0. The maximum absolute atomic E-state index is 13.7. The second-order valence-corrected chi connectivity index (χ2v) is 14.0. The first-order valence-electron chi connectivity index (χ1n) is 15.5.